The molecule has 6 rings (SSSR count). The van der Waals surface area contributed by atoms with Gasteiger partial charge in [0.1, 0.15) is 0 Å². The van der Waals surface area contributed by atoms with E-state index < -0.39 is 12.2 Å². The number of nitrogens with zero attached hydrogens (tertiary/aromatic N) is 1. The zero-order valence-corrected chi connectivity index (χ0v) is 17.3. The SMILES string of the molecule is C=C1[C@H]2C[C@@]3([C@@H]1O)[C@@H](C[C@@H]2O)[C@]12[C@@H]4C[C@H]3[C@H]1N(CC)C[C@]4(C)CC[C@@H]2O.Cl. The van der Waals surface area contributed by atoms with E-state index in [4.69, 9.17) is 0 Å². The fourth-order valence-electron chi connectivity index (χ4n) is 9.97. The van der Waals surface area contributed by atoms with Gasteiger partial charge in [-0.25, -0.2) is 0 Å². The Hall–Kier alpha value is -0.130. The predicted octanol–water partition coefficient (Wildman–Crippen LogP) is 2.21. The van der Waals surface area contributed by atoms with Crippen molar-refractivity contribution in [1.29, 1.82) is 0 Å². The highest BCUT2D eigenvalue weighted by Gasteiger charge is 2.85. The molecule has 0 radical (unpaired) electrons. The third kappa shape index (κ3) is 1.67. The fourth-order valence-corrected chi connectivity index (χ4v) is 9.97. The molecule has 5 aliphatic carbocycles. The van der Waals surface area contributed by atoms with Gasteiger partial charge in [0.05, 0.1) is 18.3 Å². The number of hydrogen-bond acceptors (Lipinski definition) is 4. The van der Waals surface area contributed by atoms with Crippen LogP contribution in [-0.4, -0.2) is 57.7 Å². The van der Waals surface area contributed by atoms with Crippen molar-refractivity contribution >= 4 is 12.4 Å². The number of likely N-dealkylation sites (tertiary alicyclic amines) is 1. The van der Waals surface area contributed by atoms with Crippen molar-refractivity contribution in [3.8, 4) is 0 Å². The lowest BCUT2D eigenvalue weighted by atomic mass is 9.43. The lowest BCUT2D eigenvalue weighted by Crippen LogP contribution is -2.68. The second-order valence-corrected chi connectivity index (χ2v) is 10.9. The van der Waals surface area contributed by atoms with E-state index in [0.29, 0.717) is 17.9 Å². The topological polar surface area (TPSA) is 63.9 Å². The maximum absolute atomic E-state index is 11.5. The first-order valence-corrected chi connectivity index (χ1v) is 10.8. The van der Waals surface area contributed by atoms with E-state index in [2.05, 4.69) is 25.3 Å². The highest BCUT2D eigenvalue weighted by Crippen LogP contribution is 2.83. The van der Waals surface area contributed by atoms with Gasteiger partial charge < -0.3 is 15.3 Å². The van der Waals surface area contributed by atoms with Gasteiger partial charge >= 0.3 is 0 Å². The summed E-state index contributed by atoms with van der Waals surface area (Å²) in [6.45, 7) is 11.1. The first-order valence-electron chi connectivity index (χ1n) is 10.8. The van der Waals surface area contributed by atoms with Crippen LogP contribution in [0.25, 0.3) is 0 Å². The summed E-state index contributed by atoms with van der Waals surface area (Å²) in [6, 6.07) is 0.373. The minimum Gasteiger partial charge on any atom is -0.392 e. The molecule has 1 saturated heterocycles. The standard InChI is InChI=1S/C22H33NO3.ClH/c1-4-23-10-20(3)6-5-17(25)22-15(20)7-13(18(22)23)21-9-12(11(2)19(21)26)14(24)8-16(21)22;/h12-19,24-26H,2,4-10H2,1,3H3;1H/t12-,13+,14+,15-,16-,17+,18-,19-,20+,21+,22+;/m1./s1. The highest BCUT2D eigenvalue weighted by atomic mass is 35.5. The van der Waals surface area contributed by atoms with Crippen LogP contribution >= 0.6 is 12.4 Å². The van der Waals surface area contributed by atoms with Crippen molar-refractivity contribution in [2.45, 2.75) is 70.3 Å². The molecule has 7 bridgehead atoms. The average Bonchev–Trinajstić information content (AvgIpc) is 3.14. The van der Waals surface area contributed by atoms with Gasteiger partial charge in [-0.05, 0) is 67.4 Å². The maximum atomic E-state index is 11.5. The van der Waals surface area contributed by atoms with Crippen molar-refractivity contribution in [3.05, 3.63) is 12.2 Å². The van der Waals surface area contributed by atoms with Crippen LogP contribution in [0.2, 0.25) is 0 Å². The van der Waals surface area contributed by atoms with Crippen molar-refractivity contribution in [3.63, 3.8) is 0 Å². The molecule has 4 nitrogen and oxygen atoms in total. The summed E-state index contributed by atoms with van der Waals surface area (Å²) in [6.07, 6.45) is 3.58. The van der Waals surface area contributed by atoms with Crippen LogP contribution < -0.4 is 0 Å². The van der Waals surface area contributed by atoms with E-state index in [1.807, 2.05) is 0 Å². The Labute approximate surface area is 168 Å². The van der Waals surface area contributed by atoms with Gasteiger partial charge in [0.25, 0.3) is 0 Å². The molecule has 152 valence electrons. The molecule has 3 N–H and O–H groups in total. The summed E-state index contributed by atoms with van der Waals surface area (Å²) in [7, 11) is 0. The molecule has 5 saturated carbocycles. The van der Waals surface area contributed by atoms with Gasteiger partial charge in [-0.15, -0.1) is 12.4 Å². The summed E-state index contributed by atoms with van der Waals surface area (Å²) in [5, 5.41) is 33.8. The molecular weight excluding hydrogens is 362 g/mol. The van der Waals surface area contributed by atoms with Gasteiger partial charge in [-0.1, -0.05) is 20.4 Å². The van der Waals surface area contributed by atoms with Crippen LogP contribution in [0.4, 0.5) is 0 Å². The number of halogens is 1. The first-order chi connectivity index (χ1) is 12.3. The Morgan fingerprint density at radius 1 is 1.19 bits per heavy atom. The molecule has 6 aliphatic rings. The summed E-state index contributed by atoms with van der Waals surface area (Å²) >= 11 is 0. The molecule has 0 aromatic carbocycles. The van der Waals surface area contributed by atoms with E-state index in [0.717, 1.165) is 50.8 Å². The number of piperidine rings is 1. The third-order valence-corrected chi connectivity index (χ3v) is 10.6. The molecule has 1 aliphatic heterocycles. The van der Waals surface area contributed by atoms with Crippen LogP contribution in [0.3, 0.4) is 0 Å². The quantitative estimate of drug-likeness (QED) is 0.596. The van der Waals surface area contributed by atoms with Crippen LogP contribution in [0.5, 0.6) is 0 Å². The number of aliphatic hydroxyl groups is 3. The average molecular weight is 396 g/mol. The van der Waals surface area contributed by atoms with Crippen molar-refractivity contribution in [2.24, 2.45) is 39.9 Å². The Morgan fingerprint density at radius 2 is 1.93 bits per heavy atom. The van der Waals surface area contributed by atoms with Crippen molar-refractivity contribution in [2.75, 3.05) is 13.1 Å². The number of hydrogen-bond donors (Lipinski definition) is 3. The normalized spacial score (nSPS) is 63.1. The lowest BCUT2D eigenvalue weighted by Gasteiger charge is -2.65. The minimum atomic E-state index is -0.500. The van der Waals surface area contributed by atoms with Crippen molar-refractivity contribution in [1.82, 2.24) is 4.90 Å². The van der Waals surface area contributed by atoms with Crippen LogP contribution in [0, 0.1) is 39.9 Å². The molecule has 0 aromatic rings. The van der Waals surface area contributed by atoms with Crippen LogP contribution in [-0.2, 0) is 0 Å². The number of aliphatic hydroxyl groups excluding tert-OH is 3. The van der Waals surface area contributed by atoms with Gasteiger partial charge in [0.15, 0.2) is 0 Å². The van der Waals surface area contributed by atoms with Crippen LogP contribution in [0.1, 0.15) is 46.0 Å². The van der Waals surface area contributed by atoms with Gasteiger partial charge in [-0.3, -0.25) is 4.90 Å². The third-order valence-electron chi connectivity index (χ3n) is 10.6. The zero-order valence-electron chi connectivity index (χ0n) is 16.5. The summed E-state index contributed by atoms with van der Waals surface area (Å²) in [4.78, 5) is 2.65. The van der Waals surface area contributed by atoms with Crippen LogP contribution in [0.15, 0.2) is 12.2 Å². The monoisotopic (exact) mass is 395 g/mol. The van der Waals surface area contributed by atoms with Crippen molar-refractivity contribution < 1.29 is 15.3 Å². The second kappa shape index (κ2) is 5.31. The molecule has 1 heterocycles. The van der Waals surface area contributed by atoms with Gasteiger partial charge in [0, 0.05) is 29.3 Å². The minimum absolute atomic E-state index is 0. The summed E-state index contributed by atoms with van der Waals surface area (Å²) in [5.74, 6) is 1.26. The Bertz CT molecular complexity index is 701. The van der Waals surface area contributed by atoms with E-state index in [1.54, 1.807) is 0 Å². The van der Waals surface area contributed by atoms with Gasteiger partial charge in [-0.2, -0.15) is 0 Å². The maximum Gasteiger partial charge on any atom is 0.0813 e. The summed E-state index contributed by atoms with van der Waals surface area (Å²) < 4.78 is 0. The first kappa shape index (κ1) is 18.9. The molecule has 27 heavy (non-hydrogen) atoms. The number of rotatable bonds is 1. The molecule has 2 spiro atoms. The molecule has 5 heteroatoms. The van der Waals surface area contributed by atoms with E-state index in [9.17, 15) is 15.3 Å². The molecule has 11 atom stereocenters. The van der Waals surface area contributed by atoms with E-state index in [-0.39, 0.29) is 46.6 Å². The fraction of sp³-hybridized carbons (Fsp3) is 0.909. The Kier molecular flexibility index (Phi) is 3.71. The Morgan fingerprint density at radius 3 is 2.63 bits per heavy atom. The molecule has 0 unspecified atom stereocenters. The lowest BCUT2D eigenvalue weighted by molar-refractivity contribution is -0.218. The molecule has 0 aromatic heterocycles. The predicted molar refractivity (Wildman–Crippen MR) is 105 cm³/mol. The van der Waals surface area contributed by atoms with E-state index >= 15 is 0 Å². The summed E-state index contributed by atoms with van der Waals surface area (Å²) in [5.41, 5.74) is 0.849. The second-order valence-electron chi connectivity index (χ2n) is 10.9. The largest absolute Gasteiger partial charge is 0.392 e. The smallest absolute Gasteiger partial charge is 0.0813 e. The van der Waals surface area contributed by atoms with E-state index in [1.165, 1.54) is 0 Å². The van der Waals surface area contributed by atoms with Gasteiger partial charge in [0.2, 0.25) is 0 Å². The Balaban J connectivity index is 0.00000160. The molecule has 0 amide bonds. The molecule has 6 fully saturated rings. The highest BCUT2D eigenvalue weighted by molar-refractivity contribution is 5.85. The number of fused-ring (bicyclic) bond motifs is 1. The molecular formula is C22H34ClNO3. The zero-order chi connectivity index (χ0) is 18.2.